The minimum absolute atomic E-state index is 0.0281. The summed E-state index contributed by atoms with van der Waals surface area (Å²) in [5, 5.41) is 11.8. The molecule has 0 atom stereocenters. The Hall–Kier alpha value is -2.01. The van der Waals surface area contributed by atoms with Crippen LogP contribution in [0.25, 0.3) is 5.65 Å². The van der Waals surface area contributed by atoms with E-state index in [0.717, 1.165) is 28.4 Å². The monoisotopic (exact) mass is 381 g/mol. The van der Waals surface area contributed by atoms with Crippen molar-refractivity contribution in [2.24, 2.45) is 0 Å². The second kappa shape index (κ2) is 7.26. The number of nitrogens with one attached hydrogen (secondary N) is 2. The molecular formula is C12H11ClF3N5O2S. The van der Waals surface area contributed by atoms with Crippen LogP contribution in [-0.4, -0.2) is 39.3 Å². The van der Waals surface area contributed by atoms with E-state index in [2.05, 4.69) is 20.8 Å². The maximum absolute atomic E-state index is 12.8. The van der Waals surface area contributed by atoms with Gasteiger partial charge in [-0.25, -0.2) is 4.79 Å². The van der Waals surface area contributed by atoms with Crippen molar-refractivity contribution < 1.29 is 22.8 Å². The first-order valence-electron chi connectivity index (χ1n) is 6.48. The number of urea groups is 1. The average molecular weight is 382 g/mol. The molecular weight excluding hydrogens is 371 g/mol. The second-order valence-electron chi connectivity index (χ2n) is 4.48. The molecule has 0 aliphatic carbocycles. The number of fused-ring (bicyclic) bond motifs is 1. The number of hydrogen-bond acceptors (Lipinski definition) is 5. The molecule has 24 heavy (non-hydrogen) atoms. The molecule has 130 valence electrons. The van der Waals surface area contributed by atoms with Crippen LogP contribution in [0.4, 0.5) is 18.0 Å². The van der Waals surface area contributed by atoms with E-state index in [9.17, 15) is 22.8 Å². The number of aromatic nitrogens is 3. The molecule has 0 aliphatic rings. The maximum Gasteiger partial charge on any atom is 0.417 e. The first-order chi connectivity index (χ1) is 11.2. The first-order valence-corrected chi connectivity index (χ1v) is 7.84. The Bertz CT molecular complexity index is 780. The predicted octanol–water partition coefficient (Wildman–Crippen LogP) is 2.34. The zero-order valence-electron chi connectivity index (χ0n) is 12.1. The number of carbonyl (C=O) groups excluding carboxylic acids is 2. The number of rotatable bonds is 4. The Kier molecular flexibility index (Phi) is 5.54. The molecule has 2 aromatic heterocycles. The predicted molar refractivity (Wildman–Crippen MR) is 80.9 cm³/mol. The third kappa shape index (κ3) is 4.29. The topological polar surface area (TPSA) is 88.4 Å². The van der Waals surface area contributed by atoms with Crippen LogP contribution in [0.15, 0.2) is 17.4 Å². The molecule has 0 fully saturated rings. The van der Waals surface area contributed by atoms with Gasteiger partial charge in [0, 0.05) is 25.4 Å². The molecule has 0 saturated carbocycles. The molecule has 0 saturated heterocycles. The highest BCUT2D eigenvalue weighted by atomic mass is 35.5. The third-order valence-corrected chi connectivity index (χ3v) is 4.02. The molecule has 0 spiro atoms. The summed E-state index contributed by atoms with van der Waals surface area (Å²) in [6.07, 6.45) is -3.74. The smallest absolute Gasteiger partial charge is 0.341 e. The Labute approximate surface area is 142 Å². The summed E-state index contributed by atoms with van der Waals surface area (Å²) in [4.78, 5) is 22.4. The first kappa shape index (κ1) is 18.3. The van der Waals surface area contributed by atoms with Crippen LogP contribution in [0.1, 0.15) is 12.0 Å². The van der Waals surface area contributed by atoms with E-state index >= 15 is 0 Å². The number of imide groups is 1. The van der Waals surface area contributed by atoms with Gasteiger partial charge < -0.3 is 5.32 Å². The van der Waals surface area contributed by atoms with Crippen LogP contribution >= 0.6 is 23.4 Å². The molecule has 0 radical (unpaired) electrons. The van der Waals surface area contributed by atoms with Gasteiger partial charge in [-0.3, -0.25) is 14.5 Å². The summed E-state index contributed by atoms with van der Waals surface area (Å²) in [5.41, 5.74) is -0.846. The Morgan fingerprint density at radius 1 is 1.38 bits per heavy atom. The van der Waals surface area contributed by atoms with E-state index in [1.54, 1.807) is 0 Å². The van der Waals surface area contributed by atoms with Crippen molar-refractivity contribution in [1.82, 2.24) is 25.2 Å². The van der Waals surface area contributed by atoms with Crippen LogP contribution < -0.4 is 10.6 Å². The van der Waals surface area contributed by atoms with Crippen LogP contribution in [0.2, 0.25) is 5.02 Å². The number of nitrogens with zero attached hydrogens (tertiary/aromatic N) is 3. The van der Waals surface area contributed by atoms with E-state index in [0.29, 0.717) is 0 Å². The average Bonchev–Trinajstić information content (AvgIpc) is 2.90. The summed E-state index contributed by atoms with van der Waals surface area (Å²) < 4.78 is 39.6. The van der Waals surface area contributed by atoms with Gasteiger partial charge in [-0.1, -0.05) is 23.4 Å². The van der Waals surface area contributed by atoms with Crippen LogP contribution in [0.5, 0.6) is 0 Å². The van der Waals surface area contributed by atoms with Gasteiger partial charge in [0.1, 0.15) is 0 Å². The molecule has 0 unspecified atom stereocenters. The highest BCUT2D eigenvalue weighted by Gasteiger charge is 2.32. The third-order valence-electron chi connectivity index (χ3n) is 2.80. The fourth-order valence-electron chi connectivity index (χ4n) is 1.67. The van der Waals surface area contributed by atoms with Gasteiger partial charge in [-0.05, 0) is 6.07 Å². The van der Waals surface area contributed by atoms with E-state index in [1.807, 2.05) is 0 Å². The van der Waals surface area contributed by atoms with E-state index < -0.39 is 23.7 Å². The highest BCUT2D eigenvalue weighted by Crippen LogP contribution is 2.33. The summed E-state index contributed by atoms with van der Waals surface area (Å²) in [6, 6.07) is 0.135. The molecule has 2 heterocycles. The summed E-state index contributed by atoms with van der Waals surface area (Å²) in [7, 11) is 1.36. The van der Waals surface area contributed by atoms with Crippen molar-refractivity contribution in [3.05, 3.63) is 22.8 Å². The van der Waals surface area contributed by atoms with Gasteiger partial charge in [0.05, 0.1) is 10.6 Å². The lowest BCUT2D eigenvalue weighted by Gasteiger charge is -2.08. The molecule has 0 aromatic carbocycles. The lowest BCUT2D eigenvalue weighted by molar-refractivity contribution is -0.137. The Morgan fingerprint density at radius 3 is 2.71 bits per heavy atom. The van der Waals surface area contributed by atoms with Gasteiger partial charge >= 0.3 is 12.2 Å². The Morgan fingerprint density at radius 2 is 2.08 bits per heavy atom. The molecule has 3 amide bonds. The number of carbonyl (C=O) groups is 2. The number of hydrogen-bond donors (Lipinski definition) is 2. The Balaban J connectivity index is 2.11. The number of alkyl halides is 3. The van der Waals surface area contributed by atoms with Gasteiger partial charge in [-0.15, -0.1) is 10.2 Å². The molecule has 2 rings (SSSR count). The van der Waals surface area contributed by atoms with Crippen molar-refractivity contribution in [3.63, 3.8) is 0 Å². The van der Waals surface area contributed by atoms with Crippen molar-refractivity contribution in [2.75, 3.05) is 12.8 Å². The fourth-order valence-corrected chi connectivity index (χ4v) is 2.77. The largest absolute Gasteiger partial charge is 0.417 e. The van der Waals surface area contributed by atoms with Crippen molar-refractivity contribution in [3.8, 4) is 0 Å². The van der Waals surface area contributed by atoms with Crippen LogP contribution in [0, 0.1) is 0 Å². The zero-order valence-corrected chi connectivity index (χ0v) is 13.7. The minimum Gasteiger partial charge on any atom is -0.341 e. The fraction of sp³-hybridized carbons (Fsp3) is 0.333. The maximum atomic E-state index is 12.8. The zero-order chi connectivity index (χ0) is 17.9. The van der Waals surface area contributed by atoms with Gasteiger partial charge in [0.25, 0.3) is 0 Å². The molecule has 2 aromatic rings. The number of pyridine rings is 1. The lowest BCUT2D eigenvalue weighted by atomic mass is 10.3. The van der Waals surface area contributed by atoms with E-state index in [4.69, 9.17) is 11.6 Å². The molecule has 0 aliphatic heterocycles. The van der Waals surface area contributed by atoms with Crippen molar-refractivity contribution in [1.29, 1.82) is 0 Å². The molecule has 0 bridgehead atoms. The summed E-state index contributed by atoms with van der Waals surface area (Å²) in [5.74, 6) is -0.331. The van der Waals surface area contributed by atoms with Gasteiger partial charge in [-0.2, -0.15) is 13.2 Å². The standard InChI is InChI=1S/C12H11ClF3N5O2S/c1-17-10(23)18-8(22)2-3-24-11-20-19-9-7(13)4-6(5-21(9)11)12(14,15)16/h4-5H,2-3H2,1H3,(H2,17,18,22,23). The molecule has 12 heteroatoms. The van der Waals surface area contributed by atoms with Gasteiger partial charge in [0.15, 0.2) is 10.8 Å². The summed E-state index contributed by atoms with van der Waals surface area (Å²) >= 11 is 6.82. The number of thioether (sulfide) groups is 1. The highest BCUT2D eigenvalue weighted by molar-refractivity contribution is 7.99. The van der Waals surface area contributed by atoms with Crippen LogP contribution in [0.3, 0.4) is 0 Å². The van der Waals surface area contributed by atoms with Gasteiger partial charge in [0.2, 0.25) is 5.91 Å². The van der Waals surface area contributed by atoms with E-state index in [-0.39, 0.29) is 28.0 Å². The molecule has 2 N–H and O–H groups in total. The number of halogens is 4. The number of amides is 3. The normalized spacial score (nSPS) is 11.5. The lowest BCUT2D eigenvalue weighted by Crippen LogP contribution is -2.37. The van der Waals surface area contributed by atoms with E-state index in [1.165, 1.54) is 7.05 Å². The van der Waals surface area contributed by atoms with Crippen molar-refractivity contribution >= 4 is 40.9 Å². The molecule has 7 nitrogen and oxygen atoms in total. The summed E-state index contributed by atoms with van der Waals surface area (Å²) in [6.45, 7) is 0. The van der Waals surface area contributed by atoms with Crippen LogP contribution in [-0.2, 0) is 11.0 Å². The second-order valence-corrected chi connectivity index (χ2v) is 5.95. The SMILES string of the molecule is CNC(=O)NC(=O)CCSc1nnc2c(Cl)cc(C(F)(F)F)cn12. The minimum atomic E-state index is -4.56. The quantitative estimate of drug-likeness (QED) is 0.794. The van der Waals surface area contributed by atoms with Crippen molar-refractivity contribution in [2.45, 2.75) is 17.8 Å².